The van der Waals surface area contributed by atoms with E-state index in [1.54, 1.807) is 12.1 Å². The maximum absolute atomic E-state index is 13.1. The number of aromatic nitrogens is 2. The molecule has 0 saturated heterocycles. The molecule has 1 atom stereocenters. The Morgan fingerprint density at radius 3 is 2.74 bits per heavy atom. The van der Waals surface area contributed by atoms with Crippen LogP contribution in [0.3, 0.4) is 0 Å². The Morgan fingerprint density at radius 2 is 1.97 bits per heavy atom. The minimum Gasteiger partial charge on any atom is -0.488 e. The van der Waals surface area contributed by atoms with E-state index in [0.29, 0.717) is 5.75 Å². The van der Waals surface area contributed by atoms with Crippen LogP contribution in [0.1, 0.15) is 5.56 Å². The number of aliphatic hydroxyl groups excluding tert-OH is 2. The number of urea groups is 1. The van der Waals surface area contributed by atoms with Crippen molar-refractivity contribution in [1.29, 1.82) is 0 Å². The standard InChI is InChI=1S/C23H21F3N4O5/c24-23(25,26)15-4-1-3-14(11-15)17-7-8-18-21(27-17)30(9-10-34-18)22(33)29-19-5-2-6-20(28-19)35-13-16(32)12-31/h1-8,11,16,31-32H,9-10,12-13H2,(H,28,29,33)/t16-/m1/s1. The number of hydrogen-bond acceptors (Lipinski definition) is 7. The van der Waals surface area contributed by atoms with E-state index in [4.69, 9.17) is 14.6 Å². The maximum atomic E-state index is 13.1. The largest absolute Gasteiger partial charge is 0.488 e. The SMILES string of the molecule is O=C(Nc1cccc(OC[C@H](O)CO)n1)N1CCOc2ccc(-c3cccc(C(F)(F)F)c3)nc21. The van der Waals surface area contributed by atoms with Gasteiger partial charge in [-0.3, -0.25) is 10.2 Å². The monoisotopic (exact) mass is 490 g/mol. The number of alkyl halides is 3. The van der Waals surface area contributed by atoms with E-state index in [1.807, 2.05) is 0 Å². The van der Waals surface area contributed by atoms with Crippen molar-refractivity contribution < 1.29 is 37.7 Å². The van der Waals surface area contributed by atoms with Crippen LogP contribution in [-0.4, -0.2) is 58.7 Å². The van der Waals surface area contributed by atoms with Crippen molar-refractivity contribution in [2.75, 3.05) is 36.6 Å². The van der Waals surface area contributed by atoms with Crippen molar-refractivity contribution in [3.8, 4) is 22.9 Å². The number of ether oxygens (including phenoxy) is 2. The molecule has 3 heterocycles. The molecule has 0 bridgehead atoms. The highest BCUT2D eigenvalue weighted by Crippen LogP contribution is 2.35. The molecule has 2 aromatic heterocycles. The third-order valence-corrected chi connectivity index (χ3v) is 4.99. The van der Waals surface area contributed by atoms with Gasteiger partial charge in [0.1, 0.15) is 25.1 Å². The van der Waals surface area contributed by atoms with E-state index < -0.39 is 30.5 Å². The van der Waals surface area contributed by atoms with Crippen molar-refractivity contribution >= 4 is 17.7 Å². The summed E-state index contributed by atoms with van der Waals surface area (Å²) in [5.74, 6) is 0.753. The molecule has 35 heavy (non-hydrogen) atoms. The molecule has 9 nitrogen and oxygen atoms in total. The molecule has 0 aliphatic carbocycles. The Labute approximate surface area is 197 Å². The van der Waals surface area contributed by atoms with Crippen LogP contribution in [-0.2, 0) is 6.18 Å². The van der Waals surface area contributed by atoms with Gasteiger partial charge in [0.2, 0.25) is 5.88 Å². The van der Waals surface area contributed by atoms with Gasteiger partial charge in [0.05, 0.1) is 24.4 Å². The Hall–Kier alpha value is -3.90. The fraction of sp³-hybridized carbons (Fsp3) is 0.261. The van der Waals surface area contributed by atoms with Gasteiger partial charge in [-0.05, 0) is 30.3 Å². The van der Waals surface area contributed by atoms with Gasteiger partial charge in [-0.15, -0.1) is 0 Å². The first kappa shape index (κ1) is 24.2. The lowest BCUT2D eigenvalue weighted by atomic mass is 10.1. The second-order valence-corrected chi connectivity index (χ2v) is 7.54. The second-order valence-electron chi connectivity index (χ2n) is 7.54. The Kier molecular flexibility index (Phi) is 7.03. The third-order valence-electron chi connectivity index (χ3n) is 4.99. The highest BCUT2D eigenvalue weighted by molar-refractivity contribution is 6.02. The number of benzene rings is 1. The molecular weight excluding hydrogens is 469 g/mol. The average Bonchev–Trinajstić information content (AvgIpc) is 2.86. The average molecular weight is 490 g/mol. The van der Waals surface area contributed by atoms with Crippen molar-refractivity contribution in [2.24, 2.45) is 0 Å². The third kappa shape index (κ3) is 5.78. The molecule has 1 aromatic carbocycles. The first-order valence-electron chi connectivity index (χ1n) is 10.5. The molecule has 12 heteroatoms. The summed E-state index contributed by atoms with van der Waals surface area (Å²) >= 11 is 0. The van der Waals surface area contributed by atoms with Crippen LogP contribution in [0, 0.1) is 0 Å². The zero-order chi connectivity index (χ0) is 25.0. The van der Waals surface area contributed by atoms with Crippen molar-refractivity contribution in [1.82, 2.24) is 9.97 Å². The lowest BCUT2D eigenvalue weighted by Gasteiger charge is -2.28. The molecule has 4 rings (SSSR count). The lowest BCUT2D eigenvalue weighted by molar-refractivity contribution is -0.137. The number of nitrogens with zero attached hydrogens (tertiary/aromatic N) is 3. The minimum absolute atomic E-state index is 0.127. The summed E-state index contributed by atoms with van der Waals surface area (Å²) in [6, 6.07) is 11.9. The molecule has 0 spiro atoms. The number of pyridine rings is 2. The number of fused-ring (bicyclic) bond motifs is 1. The summed E-state index contributed by atoms with van der Waals surface area (Å²) in [4.78, 5) is 22.8. The van der Waals surface area contributed by atoms with Gasteiger partial charge in [0.15, 0.2) is 11.6 Å². The van der Waals surface area contributed by atoms with Gasteiger partial charge in [-0.2, -0.15) is 18.2 Å². The summed E-state index contributed by atoms with van der Waals surface area (Å²) in [5.41, 5.74) is -0.320. The van der Waals surface area contributed by atoms with Crippen molar-refractivity contribution in [2.45, 2.75) is 12.3 Å². The van der Waals surface area contributed by atoms with E-state index in [2.05, 4.69) is 15.3 Å². The minimum atomic E-state index is -4.50. The Morgan fingerprint density at radius 1 is 1.17 bits per heavy atom. The molecule has 3 N–H and O–H groups in total. The molecule has 3 aromatic rings. The van der Waals surface area contributed by atoms with Crippen molar-refractivity contribution in [3.63, 3.8) is 0 Å². The number of carbonyl (C=O) groups is 1. The Balaban J connectivity index is 1.55. The summed E-state index contributed by atoms with van der Waals surface area (Å²) in [6.07, 6.45) is -5.57. The quantitative estimate of drug-likeness (QED) is 0.485. The first-order chi connectivity index (χ1) is 16.7. The van der Waals surface area contributed by atoms with Crippen LogP contribution in [0.25, 0.3) is 11.3 Å². The number of nitrogens with one attached hydrogen (secondary N) is 1. The zero-order valence-corrected chi connectivity index (χ0v) is 18.2. The molecule has 1 aliphatic heterocycles. The van der Waals surface area contributed by atoms with Crippen LogP contribution in [0.2, 0.25) is 0 Å². The number of amides is 2. The fourth-order valence-corrected chi connectivity index (χ4v) is 3.28. The molecule has 1 aliphatic rings. The predicted octanol–water partition coefficient (Wildman–Crippen LogP) is 3.33. The van der Waals surface area contributed by atoms with E-state index in [0.717, 1.165) is 12.1 Å². The molecular formula is C23H21F3N4O5. The van der Waals surface area contributed by atoms with Gasteiger partial charge in [-0.1, -0.05) is 18.2 Å². The topological polar surface area (TPSA) is 117 Å². The smallest absolute Gasteiger partial charge is 0.416 e. The van der Waals surface area contributed by atoms with E-state index in [1.165, 1.54) is 35.2 Å². The van der Waals surface area contributed by atoms with Crippen LogP contribution in [0.4, 0.5) is 29.6 Å². The molecule has 184 valence electrons. The van der Waals surface area contributed by atoms with Gasteiger partial charge in [-0.25, -0.2) is 9.78 Å². The number of anilines is 2. The van der Waals surface area contributed by atoms with Crippen LogP contribution < -0.4 is 19.7 Å². The van der Waals surface area contributed by atoms with Crippen LogP contribution >= 0.6 is 0 Å². The first-order valence-corrected chi connectivity index (χ1v) is 10.5. The van der Waals surface area contributed by atoms with Gasteiger partial charge in [0.25, 0.3) is 0 Å². The predicted molar refractivity (Wildman–Crippen MR) is 119 cm³/mol. The molecule has 0 unspecified atom stereocenters. The maximum Gasteiger partial charge on any atom is 0.416 e. The number of halogens is 3. The zero-order valence-electron chi connectivity index (χ0n) is 18.2. The van der Waals surface area contributed by atoms with E-state index in [-0.39, 0.29) is 48.5 Å². The number of aliphatic hydroxyl groups is 2. The van der Waals surface area contributed by atoms with Gasteiger partial charge >= 0.3 is 12.2 Å². The molecule has 2 amide bonds. The number of rotatable bonds is 6. The Bertz CT molecular complexity index is 1210. The van der Waals surface area contributed by atoms with E-state index >= 15 is 0 Å². The summed E-state index contributed by atoms with van der Waals surface area (Å²) in [7, 11) is 0. The number of hydrogen-bond donors (Lipinski definition) is 3. The molecule has 0 saturated carbocycles. The van der Waals surface area contributed by atoms with Gasteiger partial charge < -0.3 is 19.7 Å². The lowest BCUT2D eigenvalue weighted by Crippen LogP contribution is -2.41. The summed E-state index contributed by atoms with van der Waals surface area (Å²) in [5, 5.41) is 20.9. The van der Waals surface area contributed by atoms with Crippen molar-refractivity contribution in [3.05, 3.63) is 60.2 Å². The second kappa shape index (κ2) is 10.2. The molecule has 0 fully saturated rings. The summed E-state index contributed by atoms with van der Waals surface area (Å²) in [6.45, 7) is -0.306. The highest BCUT2D eigenvalue weighted by atomic mass is 19.4. The highest BCUT2D eigenvalue weighted by Gasteiger charge is 2.31. The summed E-state index contributed by atoms with van der Waals surface area (Å²) < 4.78 is 50.2. The van der Waals surface area contributed by atoms with E-state index in [9.17, 15) is 23.1 Å². The fourth-order valence-electron chi connectivity index (χ4n) is 3.28. The van der Waals surface area contributed by atoms with Crippen LogP contribution in [0.15, 0.2) is 54.6 Å². The van der Waals surface area contributed by atoms with Crippen LogP contribution in [0.5, 0.6) is 11.6 Å². The normalized spacial score (nSPS) is 14.0. The molecule has 0 radical (unpaired) electrons. The van der Waals surface area contributed by atoms with Gasteiger partial charge in [0, 0.05) is 11.6 Å². The number of carbonyl (C=O) groups excluding carboxylic acids is 1.